The summed E-state index contributed by atoms with van der Waals surface area (Å²) in [5, 5.41) is 11.5. The van der Waals surface area contributed by atoms with Crippen molar-refractivity contribution in [3.63, 3.8) is 0 Å². The number of carbonyl (C=O) groups excluding carboxylic acids is 1. The van der Waals surface area contributed by atoms with Gasteiger partial charge < -0.3 is 4.74 Å². The molecule has 0 aliphatic rings. The highest BCUT2D eigenvalue weighted by Gasteiger charge is 2.14. The van der Waals surface area contributed by atoms with Gasteiger partial charge in [0.1, 0.15) is 12.2 Å². The third-order valence-electron chi connectivity index (χ3n) is 5.07. The number of rotatable bonds is 5. The van der Waals surface area contributed by atoms with Crippen molar-refractivity contribution < 1.29 is 9.53 Å². The summed E-state index contributed by atoms with van der Waals surface area (Å²) >= 11 is 0. The lowest BCUT2D eigenvalue weighted by atomic mass is 10.1. The van der Waals surface area contributed by atoms with Crippen molar-refractivity contribution in [3.8, 4) is 33.8 Å². The second-order valence-corrected chi connectivity index (χ2v) is 7.27. The van der Waals surface area contributed by atoms with Crippen LogP contribution in [0.25, 0.3) is 44.8 Å². The molecule has 5 aromatic heterocycles. The summed E-state index contributed by atoms with van der Waals surface area (Å²) < 4.78 is 6.22. The third kappa shape index (κ3) is 3.71. The van der Waals surface area contributed by atoms with Gasteiger partial charge >= 0.3 is 5.97 Å². The molecular formula is C23H19N7O2. The number of ether oxygens (including phenoxy) is 1. The molecule has 0 atom stereocenters. The molecule has 9 nitrogen and oxygen atoms in total. The number of fused-ring (bicyclic) bond motifs is 1. The molecule has 5 heterocycles. The number of aryl methyl sites for hydroxylation is 1. The maximum Gasteiger partial charge on any atom is 0.327 e. The van der Waals surface area contributed by atoms with E-state index in [1.54, 1.807) is 18.6 Å². The Hall–Kier alpha value is -4.40. The van der Waals surface area contributed by atoms with Crippen molar-refractivity contribution >= 4 is 17.0 Å². The minimum Gasteiger partial charge on any atom is -0.468 e. The van der Waals surface area contributed by atoms with Crippen molar-refractivity contribution in [3.05, 3.63) is 66.9 Å². The SMILES string of the molecule is COC(=O)Cn1cc(-c2cnc3ccc(-c4c[nH]nc4-c4cccc(C)n4)nc3c2)cn1. The van der Waals surface area contributed by atoms with E-state index in [1.807, 2.05) is 49.5 Å². The van der Waals surface area contributed by atoms with Crippen LogP contribution in [0.5, 0.6) is 0 Å². The molecule has 0 fully saturated rings. The molecule has 5 rings (SSSR count). The zero-order chi connectivity index (χ0) is 22.1. The van der Waals surface area contributed by atoms with Crippen LogP contribution in [0.15, 0.2) is 61.2 Å². The normalized spacial score (nSPS) is 11.1. The fourth-order valence-corrected chi connectivity index (χ4v) is 3.47. The van der Waals surface area contributed by atoms with Gasteiger partial charge in [0, 0.05) is 41.0 Å². The molecule has 9 heteroatoms. The van der Waals surface area contributed by atoms with E-state index in [2.05, 4.69) is 30.0 Å². The minimum atomic E-state index is -0.360. The van der Waals surface area contributed by atoms with Crippen LogP contribution in [0.2, 0.25) is 0 Å². The summed E-state index contributed by atoms with van der Waals surface area (Å²) in [7, 11) is 1.35. The van der Waals surface area contributed by atoms with Gasteiger partial charge in [-0.25, -0.2) is 4.98 Å². The van der Waals surface area contributed by atoms with Gasteiger partial charge in [-0.2, -0.15) is 10.2 Å². The molecule has 0 saturated heterocycles. The van der Waals surface area contributed by atoms with Gasteiger partial charge in [0.25, 0.3) is 0 Å². The van der Waals surface area contributed by atoms with Gasteiger partial charge in [-0.3, -0.25) is 24.5 Å². The number of H-pyrrole nitrogens is 1. The highest BCUT2D eigenvalue weighted by Crippen LogP contribution is 2.30. The molecular weight excluding hydrogens is 406 g/mol. The molecule has 0 bridgehead atoms. The van der Waals surface area contributed by atoms with Crippen LogP contribution in [-0.2, 0) is 16.1 Å². The maximum absolute atomic E-state index is 11.5. The summed E-state index contributed by atoms with van der Waals surface area (Å²) in [6.45, 7) is 2.00. The topological polar surface area (TPSA) is 111 Å². The monoisotopic (exact) mass is 425 g/mol. The predicted molar refractivity (Wildman–Crippen MR) is 118 cm³/mol. The number of methoxy groups -OCH3 is 1. The molecule has 1 N–H and O–H groups in total. The van der Waals surface area contributed by atoms with Gasteiger partial charge in [0.2, 0.25) is 0 Å². The average molecular weight is 425 g/mol. The molecule has 0 saturated carbocycles. The van der Waals surface area contributed by atoms with E-state index >= 15 is 0 Å². The van der Waals surface area contributed by atoms with Gasteiger partial charge in [-0.1, -0.05) is 6.07 Å². The Morgan fingerprint density at radius 3 is 2.81 bits per heavy atom. The highest BCUT2D eigenvalue weighted by atomic mass is 16.5. The molecule has 0 unspecified atom stereocenters. The number of aromatic nitrogens is 7. The van der Waals surface area contributed by atoms with Gasteiger partial charge in [0.05, 0.1) is 35.7 Å². The molecule has 5 aromatic rings. The highest BCUT2D eigenvalue weighted by molar-refractivity contribution is 5.85. The van der Waals surface area contributed by atoms with Gasteiger partial charge in [-0.05, 0) is 37.3 Å². The predicted octanol–water partition coefficient (Wildman–Crippen LogP) is 3.43. The van der Waals surface area contributed by atoms with E-state index in [9.17, 15) is 4.79 Å². The second kappa shape index (κ2) is 8.03. The quantitative estimate of drug-likeness (QED) is 0.429. The fourth-order valence-electron chi connectivity index (χ4n) is 3.47. The third-order valence-corrected chi connectivity index (χ3v) is 5.07. The number of pyridine rings is 3. The summed E-state index contributed by atoms with van der Waals surface area (Å²) in [5.41, 5.74) is 7.29. The number of hydrogen-bond donors (Lipinski definition) is 1. The lowest BCUT2D eigenvalue weighted by Crippen LogP contribution is -2.11. The van der Waals surface area contributed by atoms with E-state index in [0.717, 1.165) is 50.5 Å². The first-order valence-electron chi connectivity index (χ1n) is 9.95. The standard InChI is InChI=1S/C23H19N7O2/c1-14-4-3-5-20(27-14)23-17(11-25-29-23)18-6-7-19-21(28-18)8-15(9-24-19)16-10-26-30(12-16)13-22(31)32-2/h3-12H,13H2,1-2H3,(H,25,29). The van der Waals surface area contributed by atoms with Gasteiger partial charge in [0.15, 0.2) is 0 Å². The molecule has 0 spiro atoms. The Labute approximate surface area is 183 Å². The summed E-state index contributed by atoms with van der Waals surface area (Å²) in [4.78, 5) is 25.4. The average Bonchev–Trinajstić information content (AvgIpc) is 3.48. The van der Waals surface area contributed by atoms with Crippen molar-refractivity contribution in [2.24, 2.45) is 0 Å². The first-order chi connectivity index (χ1) is 15.6. The Morgan fingerprint density at radius 2 is 1.97 bits per heavy atom. The van der Waals surface area contributed by atoms with Crippen LogP contribution >= 0.6 is 0 Å². The van der Waals surface area contributed by atoms with Crippen molar-refractivity contribution in [1.82, 2.24) is 34.9 Å². The van der Waals surface area contributed by atoms with Crippen molar-refractivity contribution in [1.29, 1.82) is 0 Å². The summed E-state index contributed by atoms with van der Waals surface area (Å²) in [6, 6.07) is 11.6. The Balaban J connectivity index is 1.52. The van der Waals surface area contributed by atoms with Crippen LogP contribution in [-0.4, -0.2) is 48.0 Å². The summed E-state index contributed by atoms with van der Waals surface area (Å²) in [5.74, 6) is -0.360. The number of carbonyl (C=O) groups is 1. The molecule has 158 valence electrons. The second-order valence-electron chi connectivity index (χ2n) is 7.27. The number of nitrogens with zero attached hydrogens (tertiary/aromatic N) is 6. The van der Waals surface area contributed by atoms with Crippen LogP contribution in [0.3, 0.4) is 0 Å². The molecule has 0 aromatic carbocycles. The zero-order valence-corrected chi connectivity index (χ0v) is 17.5. The Morgan fingerprint density at radius 1 is 1.06 bits per heavy atom. The lowest BCUT2D eigenvalue weighted by molar-refractivity contribution is -0.141. The van der Waals surface area contributed by atoms with Gasteiger partial charge in [-0.15, -0.1) is 0 Å². The van der Waals surface area contributed by atoms with E-state index in [0.29, 0.717) is 0 Å². The number of esters is 1. The Kier molecular flexibility index (Phi) is 4.91. The molecule has 0 radical (unpaired) electrons. The smallest absolute Gasteiger partial charge is 0.327 e. The van der Waals surface area contributed by atoms with E-state index in [-0.39, 0.29) is 12.5 Å². The number of nitrogens with one attached hydrogen (secondary N) is 1. The van der Waals surface area contributed by atoms with Crippen LogP contribution in [0, 0.1) is 6.92 Å². The number of hydrogen-bond acceptors (Lipinski definition) is 7. The van der Waals surface area contributed by atoms with E-state index in [4.69, 9.17) is 4.98 Å². The fraction of sp³-hybridized carbons (Fsp3) is 0.130. The lowest BCUT2D eigenvalue weighted by Gasteiger charge is -2.05. The first-order valence-corrected chi connectivity index (χ1v) is 9.95. The maximum atomic E-state index is 11.5. The van der Waals surface area contributed by atoms with Crippen molar-refractivity contribution in [2.45, 2.75) is 13.5 Å². The zero-order valence-electron chi connectivity index (χ0n) is 17.5. The van der Waals surface area contributed by atoms with Crippen LogP contribution in [0.4, 0.5) is 0 Å². The Bertz CT molecular complexity index is 1440. The molecule has 32 heavy (non-hydrogen) atoms. The van der Waals surface area contributed by atoms with E-state index in [1.165, 1.54) is 11.8 Å². The summed E-state index contributed by atoms with van der Waals surface area (Å²) in [6.07, 6.45) is 7.05. The molecule has 0 aliphatic heterocycles. The van der Waals surface area contributed by atoms with E-state index < -0.39 is 0 Å². The van der Waals surface area contributed by atoms with Crippen molar-refractivity contribution in [2.75, 3.05) is 7.11 Å². The van der Waals surface area contributed by atoms with Crippen LogP contribution < -0.4 is 0 Å². The minimum absolute atomic E-state index is 0.0518. The first kappa shape index (κ1) is 19.6. The molecule has 0 aliphatic carbocycles. The number of aromatic amines is 1. The van der Waals surface area contributed by atoms with Crippen LogP contribution in [0.1, 0.15) is 5.69 Å². The largest absolute Gasteiger partial charge is 0.468 e. The molecule has 0 amide bonds.